The molecule has 0 radical (unpaired) electrons. The summed E-state index contributed by atoms with van der Waals surface area (Å²) in [6.07, 6.45) is 1.86. The van der Waals surface area contributed by atoms with Gasteiger partial charge in [-0.15, -0.1) is 0 Å². The maximum Gasteiger partial charge on any atom is 0.317 e. The van der Waals surface area contributed by atoms with Crippen LogP contribution in [0.4, 0.5) is 0 Å². The first-order valence-corrected chi connectivity index (χ1v) is 3.65. The van der Waals surface area contributed by atoms with Gasteiger partial charge >= 0.3 is 5.97 Å². The van der Waals surface area contributed by atoms with E-state index in [-0.39, 0.29) is 11.9 Å². The maximum absolute atomic E-state index is 11.0. The number of hydrogen-bond donors (Lipinski definition) is 0. The van der Waals surface area contributed by atoms with Gasteiger partial charge in [-0.2, -0.15) is 0 Å². The quantitative estimate of drug-likeness (QED) is 0.445. The molecule has 62 valence electrons. The number of ether oxygens (including phenoxy) is 2. The Hall–Kier alpha value is -0.830. The Bertz CT molecular complexity index is 184. The normalized spacial score (nSPS) is 20.9. The summed E-state index contributed by atoms with van der Waals surface area (Å²) in [6, 6.07) is 0. The van der Waals surface area contributed by atoms with Crippen molar-refractivity contribution in [3.8, 4) is 0 Å². The number of esters is 1. The summed E-state index contributed by atoms with van der Waals surface area (Å²) in [6.45, 7) is 2.79. The fourth-order valence-electron chi connectivity index (χ4n) is 0.922. The smallest absolute Gasteiger partial charge is 0.317 e. The van der Waals surface area contributed by atoms with Crippen LogP contribution in [0.1, 0.15) is 6.92 Å². The van der Waals surface area contributed by atoms with Gasteiger partial charge < -0.3 is 9.47 Å². The SMILES string of the molecule is CCOC(=O)[C@H]1C=C1COC. The van der Waals surface area contributed by atoms with E-state index >= 15 is 0 Å². The van der Waals surface area contributed by atoms with E-state index in [2.05, 4.69) is 0 Å². The van der Waals surface area contributed by atoms with Gasteiger partial charge in [-0.1, -0.05) is 6.08 Å². The summed E-state index contributed by atoms with van der Waals surface area (Å²) in [7, 11) is 1.61. The van der Waals surface area contributed by atoms with Crippen molar-refractivity contribution < 1.29 is 14.3 Å². The van der Waals surface area contributed by atoms with Crippen LogP contribution in [0.3, 0.4) is 0 Å². The average Bonchev–Trinajstić information content (AvgIpc) is 2.69. The Kier molecular flexibility index (Phi) is 2.65. The molecule has 0 aromatic heterocycles. The maximum atomic E-state index is 11.0. The Balaban J connectivity index is 2.18. The number of rotatable bonds is 4. The Morgan fingerprint density at radius 3 is 3.00 bits per heavy atom. The molecule has 0 heterocycles. The molecule has 0 saturated carbocycles. The molecular weight excluding hydrogens is 144 g/mol. The van der Waals surface area contributed by atoms with Crippen LogP contribution < -0.4 is 0 Å². The summed E-state index contributed by atoms with van der Waals surface area (Å²) in [5, 5.41) is 0. The molecule has 0 aromatic rings. The second kappa shape index (κ2) is 3.53. The first-order chi connectivity index (χ1) is 5.29. The van der Waals surface area contributed by atoms with Crippen LogP contribution in [0, 0.1) is 5.92 Å². The van der Waals surface area contributed by atoms with Crippen LogP contribution in [0.2, 0.25) is 0 Å². The Labute approximate surface area is 66.0 Å². The van der Waals surface area contributed by atoms with Gasteiger partial charge in [0.25, 0.3) is 0 Å². The minimum atomic E-state index is -0.153. The minimum Gasteiger partial charge on any atom is -0.465 e. The summed E-state index contributed by atoms with van der Waals surface area (Å²) in [5.74, 6) is -0.241. The molecule has 1 aliphatic rings. The minimum absolute atomic E-state index is 0.0881. The average molecular weight is 156 g/mol. The molecule has 1 atom stereocenters. The summed E-state index contributed by atoms with van der Waals surface area (Å²) in [5.41, 5.74) is 1.03. The summed E-state index contributed by atoms with van der Waals surface area (Å²) >= 11 is 0. The molecule has 0 amide bonds. The third-order valence-corrected chi connectivity index (χ3v) is 1.52. The number of methoxy groups -OCH3 is 1. The van der Waals surface area contributed by atoms with Crippen molar-refractivity contribution in [2.75, 3.05) is 20.3 Å². The van der Waals surface area contributed by atoms with E-state index in [9.17, 15) is 4.79 Å². The molecule has 3 heteroatoms. The van der Waals surface area contributed by atoms with E-state index in [0.717, 1.165) is 5.57 Å². The predicted molar refractivity (Wildman–Crippen MR) is 40.1 cm³/mol. The third kappa shape index (κ3) is 2.05. The predicted octanol–water partition coefficient (Wildman–Crippen LogP) is 0.752. The molecule has 0 bridgehead atoms. The van der Waals surface area contributed by atoms with E-state index in [4.69, 9.17) is 9.47 Å². The Morgan fingerprint density at radius 1 is 1.73 bits per heavy atom. The second-order valence-electron chi connectivity index (χ2n) is 2.40. The zero-order valence-electron chi connectivity index (χ0n) is 6.79. The molecule has 0 saturated heterocycles. The third-order valence-electron chi connectivity index (χ3n) is 1.52. The molecule has 1 rings (SSSR count). The zero-order valence-corrected chi connectivity index (χ0v) is 6.79. The van der Waals surface area contributed by atoms with Crippen molar-refractivity contribution in [3.05, 3.63) is 11.6 Å². The van der Waals surface area contributed by atoms with Gasteiger partial charge in [0, 0.05) is 7.11 Å². The zero-order chi connectivity index (χ0) is 8.27. The lowest BCUT2D eigenvalue weighted by Gasteiger charge is -1.99. The fourth-order valence-corrected chi connectivity index (χ4v) is 0.922. The molecule has 0 fully saturated rings. The van der Waals surface area contributed by atoms with Crippen LogP contribution in [0.15, 0.2) is 11.6 Å². The second-order valence-corrected chi connectivity index (χ2v) is 2.40. The van der Waals surface area contributed by atoms with Crippen molar-refractivity contribution in [3.63, 3.8) is 0 Å². The molecular formula is C8H12O3. The van der Waals surface area contributed by atoms with Crippen LogP contribution in [-0.2, 0) is 14.3 Å². The van der Waals surface area contributed by atoms with E-state index in [0.29, 0.717) is 13.2 Å². The molecule has 0 aromatic carbocycles. The molecule has 0 spiro atoms. The van der Waals surface area contributed by atoms with Gasteiger partial charge in [-0.05, 0) is 12.5 Å². The highest BCUT2D eigenvalue weighted by molar-refractivity contribution is 5.83. The lowest BCUT2D eigenvalue weighted by molar-refractivity contribution is -0.144. The summed E-state index contributed by atoms with van der Waals surface area (Å²) in [4.78, 5) is 11.0. The van der Waals surface area contributed by atoms with Crippen LogP contribution in [-0.4, -0.2) is 26.3 Å². The monoisotopic (exact) mass is 156 g/mol. The van der Waals surface area contributed by atoms with Gasteiger partial charge in [0.05, 0.1) is 19.1 Å². The highest BCUT2D eigenvalue weighted by atomic mass is 16.5. The standard InChI is InChI=1S/C8H12O3/c1-3-11-8(9)7-4-6(7)5-10-2/h4,7H,3,5H2,1-2H3/t7-/m0/s1. The fraction of sp³-hybridized carbons (Fsp3) is 0.625. The van der Waals surface area contributed by atoms with Crippen LogP contribution >= 0.6 is 0 Å². The molecule has 3 nitrogen and oxygen atoms in total. The van der Waals surface area contributed by atoms with Gasteiger partial charge in [0.15, 0.2) is 0 Å². The number of hydrogen-bond acceptors (Lipinski definition) is 3. The van der Waals surface area contributed by atoms with Crippen LogP contribution in [0.25, 0.3) is 0 Å². The first kappa shape index (κ1) is 8.27. The number of carbonyl (C=O) groups is 1. The van der Waals surface area contributed by atoms with Gasteiger partial charge in [0.2, 0.25) is 0 Å². The Morgan fingerprint density at radius 2 is 2.45 bits per heavy atom. The van der Waals surface area contributed by atoms with E-state index in [1.807, 2.05) is 6.08 Å². The van der Waals surface area contributed by atoms with Crippen molar-refractivity contribution in [1.82, 2.24) is 0 Å². The van der Waals surface area contributed by atoms with Crippen molar-refractivity contribution in [1.29, 1.82) is 0 Å². The first-order valence-electron chi connectivity index (χ1n) is 3.65. The molecule has 0 aliphatic heterocycles. The van der Waals surface area contributed by atoms with E-state index in [1.54, 1.807) is 14.0 Å². The molecule has 0 unspecified atom stereocenters. The van der Waals surface area contributed by atoms with Crippen LogP contribution in [0.5, 0.6) is 0 Å². The number of carbonyl (C=O) groups excluding carboxylic acids is 1. The highest BCUT2D eigenvalue weighted by Gasteiger charge is 2.32. The van der Waals surface area contributed by atoms with E-state index in [1.165, 1.54) is 0 Å². The van der Waals surface area contributed by atoms with E-state index < -0.39 is 0 Å². The lowest BCUT2D eigenvalue weighted by Crippen LogP contribution is -2.09. The van der Waals surface area contributed by atoms with Gasteiger partial charge in [-0.25, -0.2) is 0 Å². The van der Waals surface area contributed by atoms with Gasteiger partial charge in [-0.3, -0.25) is 4.79 Å². The topological polar surface area (TPSA) is 35.5 Å². The van der Waals surface area contributed by atoms with Crippen molar-refractivity contribution >= 4 is 5.97 Å². The largest absolute Gasteiger partial charge is 0.465 e. The van der Waals surface area contributed by atoms with Crippen molar-refractivity contribution in [2.45, 2.75) is 6.92 Å². The lowest BCUT2D eigenvalue weighted by atomic mass is 10.3. The highest BCUT2D eigenvalue weighted by Crippen LogP contribution is 2.29. The van der Waals surface area contributed by atoms with Crippen molar-refractivity contribution in [2.24, 2.45) is 5.92 Å². The summed E-state index contributed by atoms with van der Waals surface area (Å²) < 4.78 is 9.64. The van der Waals surface area contributed by atoms with Gasteiger partial charge in [0.1, 0.15) is 0 Å². The molecule has 0 N–H and O–H groups in total. The molecule has 1 aliphatic carbocycles. The molecule has 11 heavy (non-hydrogen) atoms.